The summed E-state index contributed by atoms with van der Waals surface area (Å²) >= 11 is 0. The summed E-state index contributed by atoms with van der Waals surface area (Å²) in [6, 6.07) is 1.35. The van der Waals surface area contributed by atoms with Gasteiger partial charge in [-0.3, -0.25) is 0 Å². The van der Waals surface area contributed by atoms with Crippen molar-refractivity contribution < 1.29 is 0 Å². The molecule has 0 spiro atoms. The zero-order chi connectivity index (χ0) is 9.12. The molecule has 0 radical (unpaired) electrons. The Morgan fingerprint density at radius 1 is 1.27 bits per heavy atom. The van der Waals surface area contributed by atoms with E-state index in [1.807, 2.05) is 0 Å². The van der Waals surface area contributed by atoms with Crippen LogP contribution in [0.2, 0.25) is 25.7 Å². The van der Waals surface area contributed by atoms with Gasteiger partial charge in [0.1, 0.15) is 0 Å². The van der Waals surface area contributed by atoms with Crippen LogP contribution >= 0.6 is 0 Å². The maximum atomic E-state index is 5.75. The summed E-state index contributed by atoms with van der Waals surface area (Å²) in [5.41, 5.74) is 6.15. The summed E-state index contributed by atoms with van der Waals surface area (Å²) in [7, 11) is -0.915. The van der Waals surface area contributed by atoms with Gasteiger partial charge in [0, 0.05) is 8.07 Å². The second kappa shape index (κ2) is 3.72. The van der Waals surface area contributed by atoms with Crippen LogP contribution in [-0.2, 0) is 0 Å². The normalized spacial score (nSPS) is 18.0. The molecular weight excluding hydrogens is 150 g/mol. The van der Waals surface area contributed by atoms with Gasteiger partial charge in [-0.1, -0.05) is 39.5 Å². The van der Waals surface area contributed by atoms with Crippen molar-refractivity contribution in [3.05, 3.63) is 0 Å². The highest BCUT2D eigenvalue weighted by atomic mass is 28.3. The standard InChI is InChI=1S/C9H23NSi/c1-6-9(2,7-10)8-11(3,4)5/h6-8,10H2,1-5H3. The van der Waals surface area contributed by atoms with Gasteiger partial charge in [-0.25, -0.2) is 0 Å². The second-order valence-corrected chi connectivity index (χ2v) is 10.6. The van der Waals surface area contributed by atoms with Crippen molar-refractivity contribution in [3.63, 3.8) is 0 Å². The summed E-state index contributed by atoms with van der Waals surface area (Å²) in [5.74, 6) is 0. The Morgan fingerprint density at radius 3 is 1.82 bits per heavy atom. The molecule has 0 fully saturated rings. The Morgan fingerprint density at radius 2 is 1.73 bits per heavy atom. The largest absolute Gasteiger partial charge is 0.330 e. The van der Waals surface area contributed by atoms with E-state index in [-0.39, 0.29) is 0 Å². The van der Waals surface area contributed by atoms with Crippen molar-refractivity contribution >= 4 is 8.07 Å². The monoisotopic (exact) mass is 173 g/mol. The first-order valence-corrected chi connectivity index (χ1v) is 8.24. The fourth-order valence-corrected chi connectivity index (χ4v) is 4.58. The highest BCUT2D eigenvalue weighted by molar-refractivity contribution is 6.76. The molecule has 0 heterocycles. The minimum absolute atomic E-state index is 0.407. The number of rotatable bonds is 4. The van der Waals surface area contributed by atoms with Crippen LogP contribution < -0.4 is 5.73 Å². The van der Waals surface area contributed by atoms with Crippen LogP contribution in [0.25, 0.3) is 0 Å². The summed E-state index contributed by atoms with van der Waals surface area (Å²) in [4.78, 5) is 0. The number of hydrogen-bond acceptors (Lipinski definition) is 1. The molecule has 68 valence electrons. The lowest BCUT2D eigenvalue weighted by molar-refractivity contribution is 0.359. The van der Waals surface area contributed by atoms with E-state index < -0.39 is 8.07 Å². The van der Waals surface area contributed by atoms with Gasteiger partial charge in [0.05, 0.1) is 0 Å². The third-order valence-corrected chi connectivity index (χ3v) is 4.22. The van der Waals surface area contributed by atoms with Crippen LogP contribution in [0.5, 0.6) is 0 Å². The van der Waals surface area contributed by atoms with Crippen molar-refractivity contribution in [3.8, 4) is 0 Å². The van der Waals surface area contributed by atoms with Gasteiger partial charge in [-0.05, 0) is 18.4 Å². The van der Waals surface area contributed by atoms with Crippen molar-refractivity contribution in [2.24, 2.45) is 11.1 Å². The van der Waals surface area contributed by atoms with E-state index in [9.17, 15) is 0 Å². The van der Waals surface area contributed by atoms with Gasteiger partial charge in [0.2, 0.25) is 0 Å². The lowest BCUT2D eigenvalue weighted by atomic mass is 9.90. The number of nitrogens with two attached hydrogens (primary N) is 1. The predicted octanol–water partition coefficient (Wildman–Crippen LogP) is 2.70. The molecule has 0 saturated heterocycles. The third kappa shape index (κ3) is 4.59. The summed E-state index contributed by atoms with van der Waals surface area (Å²) in [6.07, 6.45) is 1.22. The van der Waals surface area contributed by atoms with E-state index in [4.69, 9.17) is 5.73 Å². The van der Waals surface area contributed by atoms with Gasteiger partial charge in [0.25, 0.3) is 0 Å². The smallest absolute Gasteiger partial charge is 0.0448 e. The van der Waals surface area contributed by atoms with E-state index >= 15 is 0 Å². The molecule has 0 aromatic carbocycles. The van der Waals surface area contributed by atoms with E-state index in [2.05, 4.69) is 33.5 Å². The first kappa shape index (κ1) is 11.2. The topological polar surface area (TPSA) is 26.0 Å². The molecule has 0 aliphatic rings. The van der Waals surface area contributed by atoms with Crippen LogP contribution in [0.1, 0.15) is 20.3 Å². The van der Waals surface area contributed by atoms with Crippen molar-refractivity contribution in [1.29, 1.82) is 0 Å². The Labute approximate surface area is 72.4 Å². The zero-order valence-corrected chi connectivity index (χ0v) is 9.70. The molecule has 0 aliphatic carbocycles. The van der Waals surface area contributed by atoms with Gasteiger partial charge >= 0.3 is 0 Å². The average molecular weight is 173 g/mol. The molecular formula is C9H23NSi. The van der Waals surface area contributed by atoms with Gasteiger partial charge < -0.3 is 5.73 Å². The van der Waals surface area contributed by atoms with Crippen LogP contribution in [0.3, 0.4) is 0 Å². The van der Waals surface area contributed by atoms with Crippen molar-refractivity contribution in [2.75, 3.05) is 6.54 Å². The highest BCUT2D eigenvalue weighted by Crippen LogP contribution is 2.30. The maximum absolute atomic E-state index is 5.75. The Kier molecular flexibility index (Phi) is 3.78. The van der Waals surface area contributed by atoms with Crippen molar-refractivity contribution in [1.82, 2.24) is 0 Å². The molecule has 1 atom stereocenters. The molecule has 0 aromatic heterocycles. The summed E-state index contributed by atoms with van der Waals surface area (Å²) in [5, 5.41) is 0. The molecule has 0 amide bonds. The van der Waals surface area contributed by atoms with Crippen LogP contribution in [0, 0.1) is 5.41 Å². The van der Waals surface area contributed by atoms with Crippen LogP contribution in [0.15, 0.2) is 0 Å². The molecule has 0 saturated carbocycles. The molecule has 0 rings (SSSR count). The summed E-state index contributed by atoms with van der Waals surface area (Å²) < 4.78 is 0. The fraction of sp³-hybridized carbons (Fsp3) is 1.00. The quantitative estimate of drug-likeness (QED) is 0.650. The third-order valence-electron chi connectivity index (χ3n) is 2.30. The zero-order valence-electron chi connectivity index (χ0n) is 8.70. The average Bonchev–Trinajstić information content (AvgIpc) is 1.84. The minimum atomic E-state index is -0.915. The molecule has 0 aliphatic heterocycles. The molecule has 2 N–H and O–H groups in total. The van der Waals surface area contributed by atoms with Gasteiger partial charge in [-0.2, -0.15) is 0 Å². The minimum Gasteiger partial charge on any atom is -0.330 e. The molecule has 1 unspecified atom stereocenters. The fourth-order valence-electron chi connectivity index (χ4n) is 1.62. The lowest BCUT2D eigenvalue weighted by Gasteiger charge is -2.32. The Bertz CT molecular complexity index is 111. The summed E-state index contributed by atoms with van der Waals surface area (Å²) in [6.45, 7) is 12.6. The molecule has 11 heavy (non-hydrogen) atoms. The van der Waals surface area contributed by atoms with E-state index in [1.54, 1.807) is 0 Å². The molecule has 0 bridgehead atoms. The molecule has 1 nitrogen and oxygen atoms in total. The van der Waals surface area contributed by atoms with Gasteiger partial charge in [-0.15, -0.1) is 0 Å². The lowest BCUT2D eigenvalue weighted by Crippen LogP contribution is -2.35. The maximum Gasteiger partial charge on any atom is 0.0448 e. The van der Waals surface area contributed by atoms with Gasteiger partial charge in [0.15, 0.2) is 0 Å². The Balaban J connectivity index is 4.08. The van der Waals surface area contributed by atoms with E-state index in [0.29, 0.717) is 5.41 Å². The van der Waals surface area contributed by atoms with Crippen LogP contribution in [-0.4, -0.2) is 14.6 Å². The second-order valence-electron chi connectivity index (χ2n) is 5.11. The van der Waals surface area contributed by atoms with Crippen molar-refractivity contribution in [2.45, 2.75) is 46.0 Å². The van der Waals surface area contributed by atoms with Crippen LogP contribution in [0.4, 0.5) is 0 Å². The first-order valence-electron chi connectivity index (χ1n) is 4.53. The van der Waals surface area contributed by atoms with E-state index in [1.165, 1.54) is 12.5 Å². The molecule has 2 heteroatoms. The molecule has 0 aromatic rings. The van der Waals surface area contributed by atoms with E-state index in [0.717, 1.165) is 6.54 Å². The SMILES string of the molecule is CCC(C)(CN)C[Si](C)(C)C. The Hall–Kier alpha value is 0.177. The number of hydrogen-bond donors (Lipinski definition) is 1. The highest BCUT2D eigenvalue weighted by Gasteiger charge is 2.27. The first-order chi connectivity index (χ1) is 4.83. The predicted molar refractivity (Wildman–Crippen MR) is 55.6 cm³/mol.